The fraction of sp³-hybridized carbons (Fsp3) is 0.250. The molecule has 7 nitrogen and oxygen atoms in total. The number of rotatable bonds is 7. The first-order valence-corrected chi connectivity index (χ1v) is 10.1. The largest absolute Gasteiger partial charge is 0.497 e. The summed E-state index contributed by atoms with van der Waals surface area (Å²) in [4.78, 5) is 14.7. The Hall–Kier alpha value is -2.91. The van der Waals surface area contributed by atoms with Crippen LogP contribution in [0.4, 0.5) is 16.5 Å². The molecule has 0 unspecified atom stereocenters. The van der Waals surface area contributed by atoms with E-state index in [1.54, 1.807) is 37.3 Å². The second-order valence-corrected chi connectivity index (χ2v) is 7.98. The van der Waals surface area contributed by atoms with Crippen LogP contribution in [-0.2, 0) is 4.79 Å². The number of aromatic nitrogens is 2. The van der Waals surface area contributed by atoms with Crippen molar-refractivity contribution >= 4 is 46.0 Å². The standard InChI is InChI=1S/C20H22N4O3S2/c1-12-6-5-7-13(2)18(12)21-17(25)11-24(19-22-23-20(28)29-19)15-10-14(26-3)8-9-16(15)27-4/h5-10H,11H2,1-4H3,(H,21,25)(H,23,28). The van der Waals surface area contributed by atoms with Gasteiger partial charge in [0.2, 0.25) is 11.0 Å². The van der Waals surface area contributed by atoms with Crippen LogP contribution in [-0.4, -0.2) is 36.9 Å². The van der Waals surface area contributed by atoms with Crippen molar-refractivity contribution in [2.45, 2.75) is 13.8 Å². The molecule has 9 heteroatoms. The van der Waals surface area contributed by atoms with Crippen LogP contribution in [0.1, 0.15) is 11.1 Å². The van der Waals surface area contributed by atoms with E-state index in [1.807, 2.05) is 32.0 Å². The molecule has 0 spiro atoms. The fourth-order valence-electron chi connectivity index (χ4n) is 2.94. The average Bonchev–Trinajstić information content (AvgIpc) is 3.14. The van der Waals surface area contributed by atoms with E-state index in [1.165, 1.54) is 11.3 Å². The number of aromatic amines is 1. The lowest BCUT2D eigenvalue weighted by atomic mass is 10.1. The number of carbonyl (C=O) groups is 1. The van der Waals surface area contributed by atoms with Gasteiger partial charge in [-0.25, -0.2) is 0 Å². The summed E-state index contributed by atoms with van der Waals surface area (Å²) in [6.45, 7) is 3.95. The molecule has 0 atom stereocenters. The zero-order valence-electron chi connectivity index (χ0n) is 16.6. The van der Waals surface area contributed by atoms with Crippen molar-refractivity contribution in [2.24, 2.45) is 0 Å². The Labute approximate surface area is 178 Å². The van der Waals surface area contributed by atoms with Crippen LogP contribution in [0.2, 0.25) is 0 Å². The molecule has 3 aromatic rings. The van der Waals surface area contributed by atoms with Gasteiger partial charge in [-0.2, -0.15) is 0 Å². The zero-order valence-corrected chi connectivity index (χ0v) is 18.2. The van der Waals surface area contributed by atoms with Gasteiger partial charge in [-0.05, 0) is 49.3 Å². The topological polar surface area (TPSA) is 79.5 Å². The van der Waals surface area contributed by atoms with Gasteiger partial charge in [0.15, 0.2) is 3.95 Å². The highest BCUT2D eigenvalue weighted by Crippen LogP contribution is 2.37. The third kappa shape index (κ3) is 4.75. The summed E-state index contributed by atoms with van der Waals surface area (Å²) in [5, 5.41) is 10.6. The number of nitrogens with zero attached hydrogens (tertiary/aromatic N) is 2. The predicted molar refractivity (Wildman–Crippen MR) is 118 cm³/mol. The van der Waals surface area contributed by atoms with E-state index in [4.69, 9.17) is 21.7 Å². The number of methoxy groups -OCH3 is 2. The lowest BCUT2D eigenvalue weighted by molar-refractivity contribution is -0.114. The monoisotopic (exact) mass is 430 g/mol. The number of hydrogen-bond acceptors (Lipinski definition) is 7. The van der Waals surface area contributed by atoms with E-state index in [-0.39, 0.29) is 12.5 Å². The summed E-state index contributed by atoms with van der Waals surface area (Å²) < 4.78 is 11.4. The van der Waals surface area contributed by atoms with Crippen molar-refractivity contribution in [1.29, 1.82) is 0 Å². The molecule has 1 amide bonds. The Morgan fingerprint density at radius 3 is 2.52 bits per heavy atom. The highest BCUT2D eigenvalue weighted by molar-refractivity contribution is 7.73. The fourth-order valence-corrected chi connectivity index (χ4v) is 3.83. The molecule has 0 aliphatic carbocycles. The van der Waals surface area contributed by atoms with E-state index in [0.717, 1.165) is 16.8 Å². The van der Waals surface area contributed by atoms with E-state index in [0.29, 0.717) is 26.3 Å². The molecule has 0 aliphatic rings. The SMILES string of the molecule is COc1ccc(OC)c(N(CC(=O)Nc2c(C)cccc2C)c2n[nH]c(=S)s2)c1. The number of carbonyl (C=O) groups excluding carboxylic acids is 1. The molecule has 0 fully saturated rings. The molecule has 0 aliphatic heterocycles. The van der Waals surface area contributed by atoms with Gasteiger partial charge in [0, 0.05) is 11.8 Å². The molecule has 0 saturated heterocycles. The highest BCUT2D eigenvalue weighted by Gasteiger charge is 2.22. The van der Waals surface area contributed by atoms with Crippen LogP contribution in [0.5, 0.6) is 11.5 Å². The summed E-state index contributed by atoms with van der Waals surface area (Å²) in [5.74, 6) is 1.04. The highest BCUT2D eigenvalue weighted by atomic mass is 32.1. The van der Waals surface area contributed by atoms with Gasteiger partial charge in [-0.3, -0.25) is 9.89 Å². The maximum absolute atomic E-state index is 13.0. The van der Waals surface area contributed by atoms with Crippen LogP contribution >= 0.6 is 23.6 Å². The smallest absolute Gasteiger partial charge is 0.244 e. The lowest BCUT2D eigenvalue weighted by Crippen LogP contribution is -2.30. The maximum Gasteiger partial charge on any atom is 0.244 e. The normalized spacial score (nSPS) is 10.5. The Kier molecular flexibility index (Phi) is 6.50. The van der Waals surface area contributed by atoms with E-state index in [2.05, 4.69) is 15.5 Å². The van der Waals surface area contributed by atoms with Gasteiger partial charge in [-0.1, -0.05) is 29.5 Å². The molecule has 0 radical (unpaired) electrons. The Morgan fingerprint density at radius 1 is 1.21 bits per heavy atom. The van der Waals surface area contributed by atoms with E-state index in [9.17, 15) is 4.79 Å². The summed E-state index contributed by atoms with van der Waals surface area (Å²) in [6.07, 6.45) is 0. The van der Waals surface area contributed by atoms with Crippen LogP contribution in [0.25, 0.3) is 0 Å². The molecular formula is C20H22N4O3S2. The quantitative estimate of drug-likeness (QED) is 0.533. The Bertz CT molecular complexity index is 1060. The molecule has 0 saturated carbocycles. The van der Waals surface area contributed by atoms with Crippen LogP contribution in [0, 0.1) is 17.8 Å². The van der Waals surface area contributed by atoms with Crippen LogP contribution in [0.3, 0.4) is 0 Å². The van der Waals surface area contributed by atoms with Gasteiger partial charge in [-0.15, -0.1) is 5.10 Å². The number of nitrogens with one attached hydrogen (secondary N) is 2. The number of benzene rings is 2. The predicted octanol–water partition coefficient (Wildman–Crippen LogP) is 4.61. The minimum Gasteiger partial charge on any atom is -0.497 e. The minimum atomic E-state index is -0.187. The first kappa shape index (κ1) is 20.8. The van der Waals surface area contributed by atoms with Gasteiger partial charge in [0.1, 0.15) is 18.0 Å². The minimum absolute atomic E-state index is 0.0213. The lowest BCUT2D eigenvalue weighted by Gasteiger charge is -2.24. The van der Waals surface area contributed by atoms with Crippen molar-refractivity contribution in [3.05, 3.63) is 51.5 Å². The van der Waals surface area contributed by atoms with Crippen molar-refractivity contribution in [2.75, 3.05) is 31.0 Å². The number of aryl methyl sites for hydroxylation is 2. The number of ether oxygens (including phenoxy) is 2. The van der Waals surface area contributed by atoms with Gasteiger partial charge in [0.05, 0.1) is 19.9 Å². The molecule has 3 rings (SSSR count). The molecule has 1 aromatic heterocycles. The van der Waals surface area contributed by atoms with E-state index < -0.39 is 0 Å². The number of H-pyrrole nitrogens is 1. The third-order valence-electron chi connectivity index (χ3n) is 4.38. The van der Waals surface area contributed by atoms with Crippen molar-refractivity contribution in [3.8, 4) is 11.5 Å². The average molecular weight is 431 g/mol. The van der Waals surface area contributed by atoms with Crippen molar-refractivity contribution in [3.63, 3.8) is 0 Å². The summed E-state index contributed by atoms with van der Waals surface area (Å²) >= 11 is 6.46. The number of amides is 1. The second kappa shape index (κ2) is 9.06. The molecule has 0 bridgehead atoms. The first-order chi connectivity index (χ1) is 13.9. The molecule has 152 valence electrons. The van der Waals surface area contributed by atoms with Gasteiger partial charge >= 0.3 is 0 Å². The third-order valence-corrected chi connectivity index (χ3v) is 5.49. The molecular weight excluding hydrogens is 408 g/mol. The maximum atomic E-state index is 13.0. The molecule has 2 N–H and O–H groups in total. The number of hydrogen-bond donors (Lipinski definition) is 2. The Balaban J connectivity index is 1.97. The second-order valence-electron chi connectivity index (χ2n) is 6.33. The summed E-state index contributed by atoms with van der Waals surface area (Å²) in [6, 6.07) is 11.3. The molecule has 1 heterocycles. The van der Waals surface area contributed by atoms with Gasteiger partial charge < -0.3 is 19.7 Å². The number of anilines is 3. The Morgan fingerprint density at radius 2 is 1.93 bits per heavy atom. The summed E-state index contributed by atoms with van der Waals surface area (Å²) in [7, 11) is 3.16. The van der Waals surface area contributed by atoms with E-state index >= 15 is 0 Å². The first-order valence-electron chi connectivity index (χ1n) is 8.84. The van der Waals surface area contributed by atoms with Crippen molar-refractivity contribution in [1.82, 2.24) is 10.2 Å². The molecule has 2 aromatic carbocycles. The van der Waals surface area contributed by atoms with Gasteiger partial charge in [0.25, 0.3) is 0 Å². The summed E-state index contributed by atoms with van der Waals surface area (Å²) in [5.41, 5.74) is 3.46. The zero-order chi connectivity index (χ0) is 21.0. The number of para-hydroxylation sites is 1. The van der Waals surface area contributed by atoms with Crippen LogP contribution < -0.4 is 19.7 Å². The van der Waals surface area contributed by atoms with Crippen LogP contribution in [0.15, 0.2) is 36.4 Å². The van der Waals surface area contributed by atoms with Crippen molar-refractivity contribution < 1.29 is 14.3 Å². The molecule has 29 heavy (non-hydrogen) atoms.